The molecule has 1 atom stereocenters. The standard InChI is InChI=1S/C13H15N3O3/c14-12(15)8-1-3-10(4-2-8)16-6-5-9(13(16)19)7-11(17)18/h1-4,9H,5-7H2,(H3,14,15)(H,17,18). The molecule has 6 heteroatoms. The zero-order valence-electron chi connectivity index (χ0n) is 10.3. The number of hydrogen-bond acceptors (Lipinski definition) is 3. The van der Waals surface area contributed by atoms with Gasteiger partial charge in [-0.05, 0) is 30.7 Å². The lowest BCUT2D eigenvalue weighted by molar-refractivity contribution is -0.140. The van der Waals surface area contributed by atoms with Crippen LogP contribution in [0.25, 0.3) is 0 Å². The van der Waals surface area contributed by atoms with Crippen LogP contribution >= 0.6 is 0 Å². The Balaban J connectivity index is 2.13. The van der Waals surface area contributed by atoms with E-state index in [2.05, 4.69) is 0 Å². The van der Waals surface area contributed by atoms with Crippen LogP contribution in [0.3, 0.4) is 0 Å². The Hall–Kier alpha value is -2.37. The predicted molar refractivity (Wildman–Crippen MR) is 70.2 cm³/mol. The number of carbonyl (C=O) groups is 2. The normalized spacial score (nSPS) is 18.6. The molecule has 1 aliphatic rings. The van der Waals surface area contributed by atoms with Crippen LogP contribution in [-0.2, 0) is 9.59 Å². The topological polar surface area (TPSA) is 107 Å². The number of aliphatic carboxylic acids is 1. The number of nitrogens with one attached hydrogen (secondary N) is 1. The number of nitrogens with zero attached hydrogens (tertiary/aromatic N) is 1. The number of benzene rings is 1. The van der Waals surface area contributed by atoms with Crippen LogP contribution in [0, 0.1) is 11.3 Å². The zero-order valence-corrected chi connectivity index (χ0v) is 10.3. The van der Waals surface area contributed by atoms with Gasteiger partial charge in [-0.2, -0.15) is 0 Å². The second-order valence-corrected chi connectivity index (χ2v) is 4.53. The maximum absolute atomic E-state index is 12.1. The van der Waals surface area contributed by atoms with Gasteiger partial charge in [0.15, 0.2) is 0 Å². The molecule has 1 aromatic carbocycles. The molecule has 1 amide bonds. The number of carboxylic acids is 1. The van der Waals surface area contributed by atoms with Crippen molar-refractivity contribution in [3.05, 3.63) is 29.8 Å². The van der Waals surface area contributed by atoms with Gasteiger partial charge in [0.05, 0.1) is 12.3 Å². The molecule has 100 valence electrons. The first-order valence-corrected chi connectivity index (χ1v) is 5.96. The lowest BCUT2D eigenvalue weighted by atomic mass is 10.0. The van der Waals surface area contributed by atoms with Crippen LogP contribution in [0.2, 0.25) is 0 Å². The Kier molecular flexibility index (Phi) is 3.50. The summed E-state index contributed by atoms with van der Waals surface area (Å²) in [6.07, 6.45) is 0.431. The molecule has 0 radical (unpaired) electrons. The summed E-state index contributed by atoms with van der Waals surface area (Å²) in [5.41, 5.74) is 6.66. The van der Waals surface area contributed by atoms with Crippen LogP contribution in [0.1, 0.15) is 18.4 Å². The van der Waals surface area contributed by atoms with Gasteiger partial charge in [-0.25, -0.2) is 0 Å². The van der Waals surface area contributed by atoms with E-state index in [1.165, 1.54) is 0 Å². The highest BCUT2D eigenvalue weighted by atomic mass is 16.4. The minimum atomic E-state index is -0.952. The summed E-state index contributed by atoms with van der Waals surface area (Å²) in [5, 5.41) is 16.0. The molecule has 0 aromatic heterocycles. The Morgan fingerprint density at radius 1 is 1.42 bits per heavy atom. The van der Waals surface area contributed by atoms with Gasteiger partial charge in [-0.1, -0.05) is 0 Å². The number of carboxylic acid groups (broad SMARTS) is 1. The van der Waals surface area contributed by atoms with Crippen molar-refractivity contribution in [2.45, 2.75) is 12.8 Å². The predicted octanol–water partition coefficient (Wildman–Crippen LogP) is 0.798. The maximum atomic E-state index is 12.1. The lowest BCUT2D eigenvalue weighted by Gasteiger charge is -2.16. The molecule has 1 unspecified atom stereocenters. The van der Waals surface area contributed by atoms with E-state index in [-0.39, 0.29) is 18.2 Å². The highest BCUT2D eigenvalue weighted by Gasteiger charge is 2.33. The Labute approximate surface area is 110 Å². The third-order valence-corrected chi connectivity index (χ3v) is 3.23. The van der Waals surface area contributed by atoms with Crippen LogP contribution in [-0.4, -0.2) is 29.4 Å². The fourth-order valence-corrected chi connectivity index (χ4v) is 2.22. The Morgan fingerprint density at radius 3 is 2.58 bits per heavy atom. The van der Waals surface area contributed by atoms with Crippen LogP contribution in [0.5, 0.6) is 0 Å². The molecule has 1 heterocycles. The van der Waals surface area contributed by atoms with Gasteiger partial charge in [0.25, 0.3) is 0 Å². The molecule has 1 aromatic rings. The summed E-state index contributed by atoms with van der Waals surface area (Å²) in [4.78, 5) is 24.3. The van der Waals surface area contributed by atoms with E-state index in [0.29, 0.717) is 24.2 Å². The lowest BCUT2D eigenvalue weighted by Crippen LogP contribution is -2.27. The molecule has 1 aliphatic heterocycles. The van der Waals surface area contributed by atoms with Crippen molar-refractivity contribution in [3.63, 3.8) is 0 Å². The average Bonchev–Trinajstić information content (AvgIpc) is 2.70. The average molecular weight is 261 g/mol. The van der Waals surface area contributed by atoms with Gasteiger partial charge in [-0.15, -0.1) is 0 Å². The summed E-state index contributed by atoms with van der Waals surface area (Å²) in [6, 6.07) is 6.79. The van der Waals surface area contributed by atoms with Crippen LogP contribution in [0.4, 0.5) is 5.69 Å². The fourth-order valence-electron chi connectivity index (χ4n) is 2.22. The van der Waals surface area contributed by atoms with Gasteiger partial charge in [0.1, 0.15) is 5.84 Å². The first-order valence-electron chi connectivity index (χ1n) is 5.96. The summed E-state index contributed by atoms with van der Waals surface area (Å²) in [7, 11) is 0. The van der Waals surface area contributed by atoms with Gasteiger partial charge < -0.3 is 15.7 Å². The quantitative estimate of drug-likeness (QED) is 0.550. The van der Waals surface area contributed by atoms with Crippen molar-refractivity contribution in [1.29, 1.82) is 5.41 Å². The fraction of sp³-hybridized carbons (Fsp3) is 0.308. The van der Waals surface area contributed by atoms with E-state index in [0.717, 1.165) is 0 Å². The van der Waals surface area contributed by atoms with Crippen LogP contribution in [0.15, 0.2) is 24.3 Å². The Bertz CT molecular complexity index is 524. The number of amidine groups is 1. The minimum Gasteiger partial charge on any atom is -0.481 e. The molecule has 4 N–H and O–H groups in total. The van der Waals surface area contributed by atoms with Gasteiger partial charge in [0.2, 0.25) is 5.91 Å². The van der Waals surface area contributed by atoms with Crippen LogP contribution < -0.4 is 10.6 Å². The molecular weight excluding hydrogens is 246 g/mol. The molecular formula is C13H15N3O3. The smallest absolute Gasteiger partial charge is 0.304 e. The SMILES string of the molecule is N=C(N)c1ccc(N2CCC(CC(=O)O)C2=O)cc1. The summed E-state index contributed by atoms with van der Waals surface area (Å²) in [5.74, 6) is -1.57. The van der Waals surface area contributed by atoms with Gasteiger partial charge >= 0.3 is 5.97 Å². The van der Waals surface area contributed by atoms with E-state index in [4.69, 9.17) is 16.2 Å². The highest BCUT2D eigenvalue weighted by Crippen LogP contribution is 2.27. The summed E-state index contributed by atoms with van der Waals surface area (Å²) >= 11 is 0. The van der Waals surface area contributed by atoms with Crippen molar-refractivity contribution < 1.29 is 14.7 Å². The van der Waals surface area contributed by atoms with E-state index in [1.807, 2.05) is 0 Å². The Morgan fingerprint density at radius 2 is 2.05 bits per heavy atom. The number of anilines is 1. The van der Waals surface area contributed by atoms with Gasteiger partial charge in [-0.3, -0.25) is 15.0 Å². The third kappa shape index (κ3) is 2.73. The van der Waals surface area contributed by atoms with Crippen molar-refractivity contribution in [2.75, 3.05) is 11.4 Å². The van der Waals surface area contributed by atoms with E-state index < -0.39 is 11.9 Å². The van der Waals surface area contributed by atoms with E-state index in [1.54, 1.807) is 29.2 Å². The minimum absolute atomic E-state index is 0.0250. The number of hydrogen-bond donors (Lipinski definition) is 3. The second-order valence-electron chi connectivity index (χ2n) is 4.53. The monoisotopic (exact) mass is 261 g/mol. The number of carbonyl (C=O) groups excluding carboxylic acids is 1. The molecule has 0 saturated carbocycles. The molecule has 0 aliphatic carbocycles. The van der Waals surface area contributed by atoms with Gasteiger partial charge in [0, 0.05) is 17.8 Å². The summed E-state index contributed by atoms with van der Waals surface area (Å²) in [6.45, 7) is 0.524. The number of amides is 1. The molecule has 0 spiro atoms. The number of nitrogens with two attached hydrogens (primary N) is 1. The molecule has 2 rings (SSSR count). The largest absolute Gasteiger partial charge is 0.481 e. The molecule has 1 saturated heterocycles. The second kappa shape index (κ2) is 5.09. The summed E-state index contributed by atoms with van der Waals surface area (Å²) < 4.78 is 0. The van der Waals surface area contributed by atoms with Crippen molar-refractivity contribution in [3.8, 4) is 0 Å². The first kappa shape index (κ1) is 13.1. The zero-order chi connectivity index (χ0) is 14.0. The van der Waals surface area contributed by atoms with Crippen molar-refractivity contribution in [1.82, 2.24) is 0 Å². The molecule has 19 heavy (non-hydrogen) atoms. The van der Waals surface area contributed by atoms with E-state index >= 15 is 0 Å². The number of rotatable bonds is 4. The molecule has 1 fully saturated rings. The first-order chi connectivity index (χ1) is 8.99. The van der Waals surface area contributed by atoms with Crippen molar-refractivity contribution in [2.24, 2.45) is 11.7 Å². The third-order valence-electron chi connectivity index (χ3n) is 3.23. The van der Waals surface area contributed by atoms with Crippen molar-refractivity contribution >= 4 is 23.4 Å². The van der Waals surface area contributed by atoms with E-state index in [9.17, 15) is 9.59 Å². The number of nitrogen functional groups attached to an aromatic ring is 1. The molecule has 6 nitrogen and oxygen atoms in total. The highest BCUT2D eigenvalue weighted by molar-refractivity contribution is 6.00. The maximum Gasteiger partial charge on any atom is 0.304 e. The molecule has 0 bridgehead atoms.